The van der Waals surface area contributed by atoms with Crippen LogP contribution in [0.2, 0.25) is 0 Å². The molecule has 140 valence electrons. The number of rotatable bonds is 4. The number of nitrogens with one attached hydrogen (secondary N) is 1. The number of amidine groups is 1. The first-order valence-electron chi connectivity index (χ1n) is 8.68. The molecule has 1 aliphatic rings. The van der Waals surface area contributed by atoms with E-state index in [9.17, 15) is 9.50 Å². The summed E-state index contributed by atoms with van der Waals surface area (Å²) in [4.78, 5) is 14.6. The minimum Gasteiger partial charge on any atom is -0.508 e. The highest BCUT2D eigenvalue weighted by atomic mass is 19.1. The van der Waals surface area contributed by atoms with Crippen LogP contribution in [-0.2, 0) is 11.3 Å². The second-order valence-corrected chi connectivity index (χ2v) is 7.16. The van der Waals surface area contributed by atoms with Gasteiger partial charge in [-0.2, -0.15) is 5.10 Å². The Balaban J connectivity index is 1.65. The van der Waals surface area contributed by atoms with Gasteiger partial charge < -0.3 is 5.11 Å². The van der Waals surface area contributed by atoms with Crippen LogP contribution in [0.15, 0.2) is 41.7 Å². The molecule has 2 aromatic heterocycles. The number of aromatic nitrogens is 3. The molecule has 0 fully saturated rings. The summed E-state index contributed by atoms with van der Waals surface area (Å²) in [6.45, 7) is 5.63. The van der Waals surface area contributed by atoms with Crippen molar-refractivity contribution in [3.8, 4) is 5.75 Å². The topological polar surface area (TPSA) is 84.0 Å². The smallest absolute Gasteiger partial charge is 0.182 e. The molecule has 0 bridgehead atoms. The van der Waals surface area contributed by atoms with E-state index in [1.165, 1.54) is 18.2 Å². The fraction of sp³-hybridized carbons (Fsp3) is 0.316. The fourth-order valence-corrected chi connectivity index (χ4v) is 3.13. The number of phenolic OH excluding ortho intramolecular Hbond substituents is 1. The highest BCUT2D eigenvalue weighted by molar-refractivity contribution is 6.03. The molecule has 0 radical (unpaired) electrons. The van der Waals surface area contributed by atoms with Crippen molar-refractivity contribution in [2.24, 2.45) is 4.99 Å². The van der Waals surface area contributed by atoms with Crippen LogP contribution in [0.5, 0.6) is 5.75 Å². The molecule has 4 rings (SSSR count). The molecule has 0 saturated heterocycles. The molecular formula is C19H20FN5O2. The van der Waals surface area contributed by atoms with Crippen molar-refractivity contribution in [2.45, 2.75) is 38.8 Å². The highest BCUT2D eigenvalue weighted by Crippen LogP contribution is 2.29. The van der Waals surface area contributed by atoms with E-state index in [0.717, 1.165) is 11.3 Å². The van der Waals surface area contributed by atoms with Crippen molar-refractivity contribution in [1.82, 2.24) is 20.1 Å². The van der Waals surface area contributed by atoms with Crippen LogP contribution in [0, 0.1) is 5.82 Å². The van der Waals surface area contributed by atoms with E-state index in [4.69, 9.17) is 9.82 Å². The molecule has 0 spiro atoms. The minimum atomic E-state index is -0.648. The Morgan fingerprint density at radius 3 is 2.89 bits per heavy atom. The van der Waals surface area contributed by atoms with Crippen molar-refractivity contribution in [3.63, 3.8) is 0 Å². The van der Waals surface area contributed by atoms with Crippen LogP contribution in [-0.4, -0.2) is 31.3 Å². The zero-order valence-corrected chi connectivity index (χ0v) is 15.3. The van der Waals surface area contributed by atoms with Gasteiger partial charge >= 0.3 is 0 Å². The van der Waals surface area contributed by atoms with Gasteiger partial charge in [-0.3, -0.25) is 0 Å². The largest absolute Gasteiger partial charge is 0.508 e. The average Bonchev–Trinajstić information content (AvgIpc) is 3.19. The number of fused-ring (bicyclic) bond motifs is 1. The zero-order valence-electron chi connectivity index (χ0n) is 15.3. The minimum absolute atomic E-state index is 0.0823. The molecule has 1 aromatic carbocycles. The van der Waals surface area contributed by atoms with Gasteiger partial charge in [-0.05, 0) is 56.0 Å². The Bertz CT molecular complexity index is 1040. The maximum Gasteiger partial charge on any atom is 0.182 e. The lowest BCUT2D eigenvalue weighted by Gasteiger charge is -2.13. The van der Waals surface area contributed by atoms with E-state index in [-0.39, 0.29) is 17.5 Å². The normalized spacial score (nSPS) is 17.0. The lowest BCUT2D eigenvalue weighted by atomic mass is 9.95. The van der Waals surface area contributed by atoms with Gasteiger partial charge in [0.05, 0.1) is 11.8 Å². The molecule has 8 heteroatoms. The molecule has 1 aliphatic heterocycles. The summed E-state index contributed by atoms with van der Waals surface area (Å²) in [5.74, 6) is 0.185. The zero-order chi connectivity index (χ0) is 19.2. The molecule has 7 nitrogen and oxygen atoms in total. The molecule has 2 N–H and O–H groups in total. The molecule has 27 heavy (non-hydrogen) atoms. The number of aliphatic imine (C=N–C) groups is 1. The predicted octanol–water partition coefficient (Wildman–Crippen LogP) is 2.94. The molecular weight excluding hydrogens is 349 g/mol. The Morgan fingerprint density at radius 1 is 1.33 bits per heavy atom. The van der Waals surface area contributed by atoms with E-state index in [0.29, 0.717) is 23.5 Å². The van der Waals surface area contributed by atoms with Crippen LogP contribution in [0.25, 0.3) is 5.65 Å². The number of benzene rings is 1. The van der Waals surface area contributed by atoms with Gasteiger partial charge in [0.1, 0.15) is 11.6 Å². The molecule has 0 unspecified atom stereocenters. The van der Waals surface area contributed by atoms with Crippen LogP contribution >= 0.6 is 0 Å². The number of hydrogen-bond acceptors (Lipinski definition) is 6. The molecule has 0 aliphatic carbocycles. The van der Waals surface area contributed by atoms with E-state index in [1.54, 1.807) is 10.7 Å². The molecule has 3 heterocycles. The third-order valence-electron chi connectivity index (χ3n) is 4.50. The summed E-state index contributed by atoms with van der Waals surface area (Å²) in [6.07, 6.45) is 4.05. The first kappa shape index (κ1) is 17.4. The first-order chi connectivity index (χ1) is 12.8. The second-order valence-electron chi connectivity index (χ2n) is 7.16. The summed E-state index contributed by atoms with van der Waals surface area (Å²) >= 11 is 0. The van der Waals surface area contributed by atoms with Crippen LogP contribution in [0.4, 0.5) is 4.39 Å². The van der Waals surface area contributed by atoms with Gasteiger partial charge in [-0.25, -0.2) is 29.2 Å². The van der Waals surface area contributed by atoms with Crippen molar-refractivity contribution in [2.75, 3.05) is 0 Å². The maximum absolute atomic E-state index is 13.5. The van der Waals surface area contributed by atoms with Gasteiger partial charge in [-0.15, -0.1) is 0 Å². The number of halogens is 1. The van der Waals surface area contributed by atoms with Crippen LogP contribution < -0.4 is 5.48 Å². The van der Waals surface area contributed by atoms with Gasteiger partial charge in [0.25, 0.3) is 0 Å². The Kier molecular flexibility index (Phi) is 4.07. The average molecular weight is 369 g/mol. The summed E-state index contributed by atoms with van der Waals surface area (Å²) in [5.41, 5.74) is 4.93. The molecule has 0 amide bonds. The third kappa shape index (κ3) is 3.35. The fourth-order valence-electron chi connectivity index (χ4n) is 3.13. The quantitative estimate of drug-likeness (QED) is 0.739. The number of phenols is 1. The Morgan fingerprint density at radius 2 is 2.15 bits per heavy atom. The summed E-state index contributed by atoms with van der Waals surface area (Å²) in [6, 6.07) is 5.84. The second kappa shape index (κ2) is 6.31. The van der Waals surface area contributed by atoms with Crippen molar-refractivity contribution in [3.05, 3.63) is 59.3 Å². The Labute approximate surface area is 155 Å². The van der Waals surface area contributed by atoms with E-state index in [1.807, 2.05) is 33.0 Å². The summed E-state index contributed by atoms with van der Waals surface area (Å²) in [5, 5.41) is 14.3. The highest BCUT2D eigenvalue weighted by Gasteiger charge is 2.28. The van der Waals surface area contributed by atoms with Crippen LogP contribution in [0.1, 0.15) is 43.5 Å². The standard InChI is InChI=1S/C19H20FN5O2/c1-11(14-9-12(20)4-5-16(14)26)8-13-6-7-25-18(22-13)15(10-21-25)17-23-19(2,3)27-24-17/h4-7,9-11,26H,8H2,1-3H3,(H,23,24)/t11-/m0/s1. The third-order valence-corrected chi connectivity index (χ3v) is 4.50. The number of hydroxylamine groups is 1. The van der Waals surface area contributed by atoms with Gasteiger partial charge in [0.15, 0.2) is 17.2 Å². The molecule has 1 atom stereocenters. The van der Waals surface area contributed by atoms with E-state index in [2.05, 4.69) is 15.6 Å². The van der Waals surface area contributed by atoms with Gasteiger partial charge in [0, 0.05) is 11.9 Å². The lowest BCUT2D eigenvalue weighted by Crippen LogP contribution is -2.23. The number of nitrogens with zero attached hydrogens (tertiary/aromatic N) is 4. The molecule has 3 aromatic rings. The predicted molar refractivity (Wildman–Crippen MR) is 98.0 cm³/mol. The summed E-state index contributed by atoms with van der Waals surface area (Å²) in [7, 11) is 0. The SMILES string of the molecule is C[C@@H](Cc1ccn2ncc(C3=NC(C)(C)ON3)c2n1)c1cc(F)ccc1O. The van der Waals surface area contributed by atoms with Crippen molar-refractivity contribution >= 4 is 11.5 Å². The van der Waals surface area contributed by atoms with Gasteiger partial charge in [0.2, 0.25) is 0 Å². The number of aromatic hydroxyl groups is 1. The number of hydrogen-bond donors (Lipinski definition) is 2. The Hall–Kier alpha value is -3.00. The first-order valence-corrected chi connectivity index (χ1v) is 8.68. The van der Waals surface area contributed by atoms with Crippen LogP contribution in [0.3, 0.4) is 0 Å². The van der Waals surface area contributed by atoms with Crippen molar-refractivity contribution in [1.29, 1.82) is 0 Å². The maximum atomic E-state index is 13.5. The van der Waals surface area contributed by atoms with E-state index >= 15 is 0 Å². The summed E-state index contributed by atoms with van der Waals surface area (Å²) < 4.78 is 15.2. The van der Waals surface area contributed by atoms with Gasteiger partial charge in [-0.1, -0.05) is 6.92 Å². The molecule has 0 saturated carbocycles. The monoisotopic (exact) mass is 369 g/mol. The van der Waals surface area contributed by atoms with Crippen molar-refractivity contribution < 1.29 is 14.3 Å². The van der Waals surface area contributed by atoms with E-state index < -0.39 is 5.72 Å². The lowest BCUT2D eigenvalue weighted by molar-refractivity contribution is -0.0269.